The van der Waals surface area contributed by atoms with E-state index in [0.717, 1.165) is 0 Å². The molecule has 23 heavy (non-hydrogen) atoms. The molecule has 0 fully saturated rings. The number of halogens is 3. The topological polar surface area (TPSA) is 31.2 Å². The molecule has 2 rings (SSSR count). The Morgan fingerprint density at radius 1 is 1.22 bits per heavy atom. The Kier molecular flexibility index (Phi) is 4.42. The molecule has 0 unspecified atom stereocenters. The van der Waals surface area contributed by atoms with Gasteiger partial charge >= 0.3 is 12.3 Å². The maximum absolute atomic E-state index is 12.2. The van der Waals surface area contributed by atoms with Crippen molar-refractivity contribution in [1.29, 1.82) is 0 Å². The van der Waals surface area contributed by atoms with Crippen molar-refractivity contribution in [2.75, 3.05) is 0 Å². The second-order valence-corrected chi connectivity index (χ2v) is 6.00. The summed E-state index contributed by atoms with van der Waals surface area (Å²) < 4.78 is 43.2. The first kappa shape index (κ1) is 16.9. The Morgan fingerprint density at radius 3 is 2.48 bits per heavy atom. The molecular weight excluding hydrogens is 307 g/mol. The van der Waals surface area contributed by atoms with Gasteiger partial charge in [-0.25, -0.2) is 4.79 Å². The van der Waals surface area contributed by atoms with Crippen molar-refractivity contribution >= 4 is 17.0 Å². The number of carbonyl (C=O) groups excluding carboxylic acids is 1. The van der Waals surface area contributed by atoms with Crippen LogP contribution in [0.25, 0.3) is 10.9 Å². The number of para-hydroxylation sites is 1. The molecule has 1 aromatic heterocycles. The van der Waals surface area contributed by atoms with Gasteiger partial charge in [0.1, 0.15) is 12.0 Å². The molecule has 0 saturated carbocycles. The van der Waals surface area contributed by atoms with Crippen molar-refractivity contribution in [2.45, 2.75) is 39.0 Å². The third-order valence-electron chi connectivity index (χ3n) is 2.81. The van der Waals surface area contributed by atoms with Gasteiger partial charge in [-0.1, -0.05) is 30.0 Å². The molecule has 3 nitrogen and oxygen atoms in total. The summed E-state index contributed by atoms with van der Waals surface area (Å²) in [6, 6.07) is 6.86. The minimum Gasteiger partial charge on any atom is -0.443 e. The van der Waals surface area contributed by atoms with E-state index in [-0.39, 0.29) is 0 Å². The summed E-state index contributed by atoms with van der Waals surface area (Å²) in [5, 5.41) is 0.605. The van der Waals surface area contributed by atoms with Gasteiger partial charge in [-0.15, -0.1) is 0 Å². The van der Waals surface area contributed by atoms with Gasteiger partial charge in [-0.05, 0) is 26.8 Å². The lowest BCUT2D eigenvalue weighted by Crippen LogP contribution is -2.26. The van der Waals surface area contributed by atoms with Crippen LogP contribution in [0.4, 0.5) is 18.0 Å². The minimum absolute atomic E-state index is 0.357. The largest absolute Gasteiger partial charge is 0.443 e. The van der Waals surface area contributed by atoms with E-state index in [9.17, 15) is 18.0 Å². The van der Waals surface area contributed by atoms with Crippen molar-refractivity contribution < 1.29 is 22.7 Å². The lowest BCUT2D eigenvalue weighted by molar-refractivity contribution is -0.123. The van der Waals surface area contributed by atoms with Crippen LogP contribution in [-0.2, 0) is 4.74 Å². The second-order valence-electron chi connectivity index (χ2n) is 6.00. The Bertz CT molecular complexity index is 786. The summed E-state index contributed by atoms with van der Waals surface area (Å²) in [5.41, 5.74) is 0.221. The lowest BCUT2D eigenvalue weighted by Gasteiger charge is -2.19. The molecule has 6 heteroatoms. The van der Waals surface area contributed by atoms with Gasteiger partial charge in [0.25, 0.3) is 0 Å². The first-order valence-electron chi connectivity index (χ1n) is 6.96. The van der Waals surface area contributed by atoms with Crippen LogP contribution in [0.5, 0.6) is 0 Å². The molecule has 1 heterocycles. The smallest absolute Gasteiger partial charge is 0.419 e. The van der Waals surface area contributed by atoms with Crippen molar-refractivity contribution in [3.05, 3.63) is 36.0 Å². The van der Waals surface area contributed by atoms with Gasteiger partial charge in [0, 0.05) is 11.6 Å². The fraction of sp³-hybridized carbons (Fsp3) is 0.353. The van der Waals surface area contributed by atoms with Crippen molar-refractivity contribution in [1.82, 2.24) is 4.57 Å². The van der Waals surface area contributed by atoms with Crippen LogP contribution in [-0.4, -0.2) is 22.4 Å². The molecular formula is C17H16F3NO2. The summed E-state index contributed by atoms with van der Waals surface area (Å²) in [7, 11) is 0. The predicted octanol–water partition coefficient (Wildman–Crippen LogP) is 4.73. The molecule has 0 saturated heterocycles. The maximum Gasteiger partial charge on any atom is 0.419 e. The highest BCUT2D eigenvalue weighted by Gasteiger charge is 2.25. The number of hydrogen-bond donors (Lipinski definition) is 0. The second kappa shape index (κ2) is 5.99. The monoisotopic (exact) mass is 323 g/mol. The Labute approximate surface area is 132 Å². The van der Waals surface area contributed by atoms with Gasteiger partial charge in [0.15, 0.2) is 0 Å². The zero-order valence-electron chi connectivity index (χ0n) is 13.0. The summed E-state index contributed by atoms with van der Waals surface area (Å²) >= 11 is 0. The van der Waals surface area contributed by atoms with Gasteiger partial charge in [0.2, 0.25) is 0 Å². The van der Waals surface area contributed by atoms with Gasteiger partial charge < -0.3 is 4.74 Å². The number of hydrogen-bond acceptors (Lipinski definition) is 2. The Morgan fingerprint density at radius 2 is 1.87 bits per heavy atom. The van der Waals surface area contributed by atoms with E-state index in [1.807, 2.05) is 0 Å². The highest BCUT2D eigenvalue weighted by Crippen LogP contribution is 2.23. The number of rotatable bonds is 0. The molecule has 0 spiro atoms. The Hall–Kier alpha value is -2.42. The summed E-state index contributed by atoms with van der Waals surface area (Å²) in [4.78, 5) is 12.2. The number of aromatic nitrogens is 1. The fourth-order valence-corrected chi connectivity index (χ4v) is 1.98. The predicted molar refractivity (Wildman–Crippen MR) is 81.1 cm³/mol. The SMILES string of the molecule is CC(C)(C)OC(=O)n1cc(C#CCC(F)(F)F)c2ccccc21. The standard InChI is InChI=1S/C17H16F3NO2/c1-16(2,3)23-15(22)21-11-12(7-6-10-17(18,19)20)13-8-4-5-9-14(13)21/h4-5,8-9,11H,10H2,1-3H3. The van der Waals surface area contributed by atoms with Crippen LogP contribution < -0.4 is 0 Å². The van der Waals surface area contributed by atoms with E-state index in [1.165, 1.54) is 10.8 Å². The highest BCUT2D eigenvalue weighted by molar-refractivity contribution is 5.93. The molecule has 0 radical (unpaired) electrons. The quantitative estimate of drug-likeness (QED) is 0.656. The summed E-state index contributed by atoms with van der Waals surface area (Å²) in [5.74, 6) is 4.58. The maximum atomic E-state index is 12.2. The summed E-state index contributed by atoms with van der Waals surface area (Å²) in [6.07, 6.45) is -4.73. The zero-order valence-corrected chi connectivity index (χ0v) is 13.0. The Balaban J connectivity index is 2.42. The normalized spacial score (nSPS) is 11.9. The van der Waals surface area contributed by atoms with E-state index in [0.29, 0.717) is 16.5 Å². The zero-order chi connectivity index (χ0) is 17.3. The van der Waals surface area contributed by atoms with Crippen LogP contribution in [0.2, 0.25) is 0 Å². The van der Waals surface area contributed by atoms with Gasteiger partial charge in [0.05, 0.1) is 11.1 Å². The number of fused-ring (bicyclic) bond motifs is 1. The third kappa shape index (κ3) is 4.52. The molecule has 0 atom stereocenters. The van der Waals surface area contributed by atoms with E-state index in [4.69, 9.17) is 4.74 Å². The average molecular weight is 323 g/mol. The molecule has 0 aliphatic heterocycles. The van der Waals surface area contributed by atoms with Crippen LogP contribution in [0, 0.1) is 11.8 Å². The molecule has 1 aromatic carbocycles. The average Bonchev–Trinajstić information content (AvgIpc) is 2.75. The summed E-state index contributed by atoms with van der Waals surface area (Å²) in [6.45, 7) is 5.21. The first-order chi connectivity index (χ1) is 10.6. The minimum atomic E-state index is -4.34. The number of alkyl halides is 3. The molecule has 0 aliphatic carbocycles. The van der Waals surface area contributed by atoms with Crippen molar-refractivity contribution in [3.63, 3.8) is 0 Å². The van der Waals surface area contributed by atoms with E-state index < -0.39 is 24.3 Å². The van der Waals surface area contributed by atoms with Crippen LogP contribution >= 0.6 is 0 Å². The number of carbonyl (C=O) groups is 1. The van der Waals surface area contributed by atoms with E-state index in [1.54, 1.807) is 45.0 Å². The molecule has 0 amide bonds. The molecule has 122 valence electrons. The van der Waals surface area contributed by atoms with Gasteiger partial charge in [-0.3, -0.25) is 4.57 Å². The number of ether oxygens (including phenoxy) is 1. The number of nitrogens with zero attached hydrogens (tertiary/aromatic N) is 1. The molecule has 0 N–H and O–H groups in total. The first-order valence-corrected chi connectivity index (χ1v) is 6.96. The van der Waals surface area contributed by atoms with Gasteiger partial charge in [-0.2, -0.15) is 13.2 Å². The fourth-order valence-electron chi connectivity index (χ4n) is 1.98. The van der Waals surface area contributed by atoms with Crippen LogP contribution in [0.1, 0.15) is 32.8 Å². The highest BCUT2D eigenvalue weighted by atomic mass is 19.4. The van der Waals surface area contributed by atoms with Crippen molar-refractivity contribution in [3.8, 4) is 11.8 Å². The lowest BCUT2D eigenvalue weighted by atomic mass is 10.2. The van der Waals surface area contributed by atoms with Crippen LogP contribution in [0.3, 0.4) is 0 Å². The van der Waals surface area contributed by atoms with Crippen molar-refractivity contribution in [2.24, 2.45) is 0 Å². The number of benzene rings is 1. The third-order valence-corrected chi connectivity index (χ3v) is 2.81. The molecule has 0 bridgehead atoms. The van der Waals surface area contributed by atoms with Crippen LogP contribution in [0.15, 0.2) is 30.5 Å². The van der Waals surface area contributed by atoms with E-state index >= 15 is 0 Å². The molecule has 2 aromatic rings. The molecule has 0 aliphatic rings. The van der Waals surface area contributed by atoms with E-state index in [2.05, 4.69) is 11.8 Å².